The molecule has 1 heterocycles. The molecule has 0 spiro atoms. The second-order valence-electron chi connectivity index (χ2n) is 3.67. The summed E-state index contributed by atoms with van der Waals surface area (Å²) in [5, 5.41) is 9.05. The lowest BCUT2D eigenvalue weighted by molar-refractivity contribution is -0.133. The molecule has 0 atom stereocenters. The summed E-state index contributed by atoms with van der Waals surface area (Å²) >= 11 is 2.84. The zero-order valence-electron chi connectivity index (χ0n) is 9.57. The van der Waals surface area contributed by atoms with Crippen molar-refractivity contribution in [2.75, 3.05) is 12.4 Å². The third-order valence-electron chi connectivity index (χ3n) is 2.39. The molecule has 2 aromatic rings. The number of nitrogens with zero attached hydrogens (tertiary/aromatic N) is 2. The maximum atomic E-state index is 13.5. The molecule has 102 valence electrons. The molecule has 1 N–H and O–H groups in total. The number of hydrogen-bond acceptors (Lipinski definition) is 3. The van der Waals surface area contributed by atoms with Gasteiger partial charge in [-0.2, -0.15) is 0 Å². The highest BCUT2D eigenvalue weighted by molar-refractivity contribution is 14.1. The normalized spacial score (nSPS) is 11.1. The summed E-state index contributed by atoms with van der Waals surface area (Å²) < 4.78 is 28.0. The third-order valence-corrected chi connectivity index (χ3v) is 4.18. The lowest BCUT2D eigenvalue weighted by atomic mass is 10.3. The molecule has 0 fully saturated rings. The Bertz CT molecular complexity index is 633. The Hall–Kier alpha value is -0.900. The molecule has 0 saturated carbocycles. The summed E-state index contributed by atoms with van der Waals surface area (Å²) in [6, 6.07) is 2.86. The van der Waals surface area contributed by atoms with E-state index in [0.29, 0.717) is 19.8 Å². The van der Waals surface area contributed by atoms with Gasteiger partial charge in [0.05, 0.1) is 26.9 Å². The van der Waals surface area contributed by atoms with Crippen molar-refractivity contribution in [2.45, 2.75) is 11.7 Å². The van der Waals surface area contributed by atoms with Crippen molar-refractivity contribution in [3.05, 3.63) is 21.5 Å². The summed E-state index contributed by atoms with van der Waals surface area (Å²) in [6.07, 6.45) is 0. The van der Waals surface area contributed by atoms with Gasteiger partial charge in [0.25, 0.3) is 0 Å². The van der Waals surface area contributed by atoms with E-state index >= 15 is 0 Å². The highest BCUT2D eigenvalue weighted by atomic mass is 127. The number of alkyl halides is 1. The standard InChI is InChI=1S/C11H9F2IN2O2S/c12-1-2-16-9-3-6(13)7(14)4-8(9)15-11(16)19-5-10(17)18/h3-4H,1-2,5H2,(H,17,18). The summed E-state index contributed by atoms with van der Waals surface area (Å²) in [7, 11) is 0. The Morgan fingerprint density at radius 3 is 2.89 bits per heavy atom. The molecule has 0 saturated heterocycles. The highest BCUT2D eigenvalue weighted by Crippen LogP contribution is 2.26. The molecule has 1 aromatic carbocycles. The van der Waals surface area contributed by atoms with Crippen LogP contribution in [0.4, 0.5) is 8.78 Å². The van der Waals surface area contributed by atoms with Gasteiger partial charge >= 0.3 is 5.97 Å². The van der Waals surface area contributed by atoms with Crippen molar-refractivity contribution < 1.29 is 18.7 Å². The first-order valence-electron chi connectivity index (χ1n) is 5.28. The fourth-order valence-corrected chi connectivity index (χ4v) is 2.85. The molecule has 4 nitrogen and oxygen atoms in total. The SMILES string of the molecule is O=C(O)CSc1nc2cc(I)c(F)cc2n1CCF. The number of rotatable bonds is 5. The molecule has 0 bridgehead atoms. The maximum absolute atomic E-state index is 13.5. The molecule has 1 aromatic heterocycles. The second-order valence-corrected chi connectivity index (χ2v) is 5.78. The van der Waals surface area contributed by atoms with Crippen LogP contribution in [0.2, 0.25) is 0 Å². The molecule has 19 heavy (non-hydrogen) atoms. The van der Waals surface area contributed by atoms with Gasteiger partial charge in [0.2, 0.25) is 0 Å². The van der Waals surface area contributed by atoms with E-state index in [9.17, 15) is 13.6 Å². The molecule has 2 rings (SSSR count). The number of imidazole rings is 1. The minimum atomic E-state index is -0.982. The number of hydrogen-bond donors (Lipinski definition) is 1. The smallest absolute Gasteiger partial charge is 0.313 e. The van der Waals surface area contributed by atoms with E-state index in [1.54, 1.807) is 6.07 Å². The Morgan fingerprint density at radius 1 is 1.53 bits per heavy atom. The van der Waals surface area contributed by atoms with Crippen LogP contribution in [0.3, 0.4) is 0 Å². The number of aliphatic carboxylic acids is 1. The van der Waals surface area contributed by atoms with Crippen LogP contribution in [0.1, 0.15) is 0 Å². The van der Waals surface area contributed by atoms with E-state index in [1.807, 2.05) is 22.6 Å². The van der Waals surface area contributed by atoms with Crippen LogP contribution < -0.4 is 0 Å². The first-order chi connectivity index (χ1) is 9.02. The van der Waals surface area contributed by atoms with Gasteiger partial charge in [-0.05, 0) is 28.7 Å². The van der Waals surface area contributed by atoms with Gasteiger partial charge in [0, 0.05) is 6.07 Å². The first-order valence-corrected chi connectivity index (χ1v) is 7.35. The number of carboxylic acids is 1. The molecule has 0 amide bonds. The predicted molar refractivity (Wildman–Crippen MR) is 76.7 cm³/mol. The molecule has 0 aliphatic heterocycles. The van der Waals surface area contributed by atoms with Gasteiger partial charge in [-0.3, -0.25) is 4.79 Å². The van der Waals surface area contributed by atoms with Crippen LogP contribution in [0.25, 0.3) is 11.0 Å². The van der Waals surface area contributed by atoms with E-state index < -0.39 is 18.5 Å². The van der Waals surface area contributed by atoms with E-state index in [2.05, 4.69) is 4.98 Å². The summed E-state index contributed by atoms with van der Waals surface area (Å²) in [5.74, 6) is -1.55. The van der Waals surface area contributed by atoms with E-state index in [1.165, 1.54) is 10.6 Å². The summed E-state index contributed by atoms with van der Waals surface area (Å²) in [6.45, 7) is -0.599. The van der Waals surface area contributed by atoms with Crippen LogP contribution in [-0.2, 0) is 11.3 Å². The highest BCUT2D eigenvalue weighted by Gasteiger charge is 2.14. The third kappa shape index (κ3) is 3.16. The number of benzene rings is 1. The number of aryl methyl sites for hydroxylation is 1. The Balaban J connectivity index is 2.49. The Labute approximate surface area is 125 Å². The molecule has 8 heteroatoms. The molecular formula is C11H9F2IN2O2S. The van der Waals surface area contributed by atoms with E-state index in [4.69, 9.17) is 5.11 Å². The summed E-state index contributed by atoms with van der Waals surface area (Å²) in [5.41, 5.74) is 1.01. The van der Waals surface area contributed by atoms with Crippen LogP contribution in [0.5, 0.6) is 0 Å². The number of halogens is 3. The van der Waals surface area contributed by atoms with Gasteiger partial charge in [0.1, 0.15) is 12.5 Å². The average molecular weight is 398 g/mol. The second kappa shape index (κ2) is 6.04. The number of carboxylic acid groups (broad SMARTS) is 1. The monoisotopic (exact) mass is 398 g/mol. The maximum Gasteiger partial charge on any atom is 0.313 e. The Kier molecular flexibility index (Phi) is 4.61. The van der Waals surface area contributed by atoms with Crippen molar-refractivity contribution in [1.29, 1.82) is 0 Å². The zero-order valence-corrected chi connectivity index (χ0v) is 12.5. The van der Waals surface area contributed by atoms with Crippen molar-refractivity contribution in [3.63, 3.8) is 0 Å². The van der Waals surface area contributed by atoms with Crippen molar-refractivity contribution >= 4 is 51.4 Å². The van der Waals surface area contributed by atoms with Crippen molar-refractivity contribution in [2.24, 2.45) is 0 Å². The lowest BCUT2D eigenvalue weighted by Gasteiger charge is -2.05. The zero-order chi connectivity index (χ0) is 14.0. The van der Waals surface area contributed by atoms with Crippen LogP contribution in [0.15, 0.2) is 17.3 Å². The molecule has 0 radical (unpaired) electrons. The quantitative estimate of drug-likeness (QED) is 0.622. The Morgan fingerprint density at radius 2 is 2.26 bits per heavy atom. The summed E-state index contributed by atoms with van der Waals surface area (Å²) in [4.78, 5) is 14.8. The molecule has 0 aliphatic rings. The van der Waals surface area contributed by atoms with Crippen molar-refractivity contribution in [1.82, 2.24) is 9.55 Å². The van der Waals surface area contributed by atoms with Gasteiger partial charge in [-0.1, -0.05) is 11.8 Å². The van der Waals surface area contributed by atoms with Crippen LogP contribution in [0, 0.1) is 9.39 Å². The minimum absolute atomic E-state index is 0.0263. The largest absolute Gasteiger partial charge is 0.481 e. The van der Waals surface area contributed by atoms with Gasteiger partial charge in [-0.15, -0.1) is 0 Å². The van der Waals surface area contributed by atoms with E-state index in [-0.39, 0.29) is 12.3 Å². The minimum Gasteiger partial charge on any atom is -0.481 e. The first kappa shape index (κ1) is 14.5. The van der Waals surface area contributed by atoms with Crippen LogP contribution in [-0.4, -0.2) is 33.1 Å². The van der Waals surface area contributed by atoms with Gasteiger partial charge in [0.15, 0.2) is 5.16 Å². The predicted octanol–water partition coefficient (Wildman–Crippen LogP) is 2.93. The average Bonchev–Trinajstić information content (AvgIpc) is 2.66. The molecular weight excluding hydrogens is 389 g/mol. The number of fused-ring (bicyclic) bond motifs is 1. The van der Waals surface area contributed by atoms with Crippen molar-refractivity contribution in [3.8, 4) is 0 Å². The number of aromatic nitrogens is 2. The molecule has 0 aliphatic carbocycles. The lowest BCUT2D eigenvalue weighted by Crippen LogP contribution is -2.04. The number of thioether (sulfide) groups is 1. The van der Waals surface area contributed by atoms with Gasteiger partial charge < -0.3 is 9.67 Å². The van der Waals surface area contributed by atoms with Gasteiger partial charge in [-0.25, -0.2) is 13.8 Å². The topological polar surface area (TPSA) is 55.1 Å². The molecule has 0 unspecified atom stereocenters. The fraction of sp³-hybridized carbons (Fsp3) is 0.273. The van der Waals surface area contributed by atoms with E-state index in [0.717, 1.165) is 11.8 Å². The number of carbonyl (C=O) groups is 1. The fourth-order valence-electron chi connectivity index (χ4n) is 1.64. The van der Waals surface area contributed by atoms with Crippen LogP contribution >= 0.6 is 34.4 Å².